The molecule has 0 radical (unpaired) electrons. The Kier molecular flexibility index (Phi) is 4.72. The molecule has 0 fully saturated rings. The van der Waals surface area contributed by atoms with Gasteiger partial charge in [-0.15, -0.1) is 10.2 Å². The van der Waals surface area contributed by atoms with Gasteiger partial charge in [0.05, 0.1) is 13.0 Å². The molecule has 1 amide bonds. The van der Waals surface area contributed by atoms with Gasteiger partial charge in [0.2, 0.25) is 17.7 Å². The van der Waals surface area contributed by atoms with E-state index in [0.717, 1.165) is 22.0 Å². The Morgan fingerprint density at radius 3 is 2.75 bits per heavy atom. The van der Waals surface area contributed by atoms with Gasteiger partial charge in [-0.05, 0) is 48.2 Å². The molecule has 2 N–H and O–H groups in total. The monoisotopic (exact) mass is 374 g/mol. The molecular formula is C21H18N4O3. The topological polar surface area (TPSA) is 101 Å². The van der Waals surface area contributed by atoms with Crippen molar-refractivity contribution in [2.75, 3.05) is 0 Å². The number of hydrogen-bond donors (Lipinski definition) is 2. The van der Waals surface area contributed by atoms with Crippen molar-refractivity contribution in [2.45, 2.75) is 19.9 Å². The van der Waals surface area contributed by atoms with Crippen molar-refractivity contribution in [3.05, 3.63) is 82.0 Å². The number of aromatic amines is 1. The first-order chi connectivity index (χ1) is 13.6. The Labute approximate surface area is 160 Å². The van der Waals surface area contributed by atoms with Gasteiger partial charge in [-0.1, -0.05) is 24.3 Å². The highest BCUT2D eigenvalue weighted by molar-refractivity contribution is 5.83. The lowest BCUT2D eigenvalue weighted by atomic mass is 10.1. The molecule has 2 aromatic heterocycles. The molecule has 0 saturated heterocycles. The lowest BCUT2D eigenvalue weighted by molar-refractivity contribution is -0.120. The van der Waals surface area contributed by atoms with Crippen molar-refractivity contribution in [3.63, 3.8) is 0 Å². The third kappa shape index (κ3) is 3.83. The molecule has 4 aromatic rings. The van der Waals surface area contributed by atoms with E-state index in [0.29, 0.717) is 17.3 Å². The maximum Gasteiger partial charge on any atom is 0.251 e. The van der Waals surface area contributed by atoms with Crippen LogP contribution in [0.15, 0.2) is 63.8 Å². The van der Waals surface area contributed by atoms with E-state index in [2.05, 4.69) is 20.5 Å². The highest BCUT2D eigenvalue weighted by Gasteiger charge is 2.10. The summed E-state index contributed by atoms with van der Waals surface area (Å²) in [5, 5.41) is 11.6. The molecular weight excluding hydrogens is 356 g/mol. The summed E-state index contributed by atoms with van der Waals surface area (Å²) in [5.74, 6) is 0.614. The van der Waals surface area contributed by atoms with Gasteiger partial charge in [0.25, 0.3) is 5.56 Å². The van der Waals surface area contributed by atoms with Gasteiger partial charge in [-0.25, -0.2) is 0 Å². The highest BCUT2D eigenvalue weighted by atomic mass is 16.4. The molecule has 0 unspecified atom stereocenters. The zero-order valence-electron chi connectivity index (χ0n) is 15.2. The number of aryl methyl sites for hydroxylation is 1. The number of fused-ring (bicyclic) bond motifs is 1. The van der Waals surface area contributed by atoms with E-state index >= 15 is 0 Å². The van der Waals surface area contributed by atoms with Crippen molar-refractivity contribution in [2.24, 2.45) is 0 Å². The summed E-state index contributed by atoms with van der Waals surface area (Å²) < 4.78 is 5.58. The third-order valence-electron chi connectivity index (χ3n) is 4.38. The molecule has 0 aliphatic rings. The maximum atomic E-state index is 12.3. The van der Waals surface area contributed by atoms with Crippen LogP contribution in [-0.4, -0.2) is 21.1 Å². The van der Waals surface area contributed by atoms with E-state index in [1.165, 1.54) is 0 Å². The Morgan fingerprint density at radius 1 is 1.11 bits per heavy atom. The molecule has 28 heavy (non-hydrogen) atoms. The van der Waals surface area contributed by atoms with E-state index in [1.807, 2.05) is 54.6 Å². The van der Waals surface area contributed by atoms with Gasteiger partial charge in [0, 0.05) is 16.6 Å². The van der Waals surface area contributed by atoms with E-state index in [1.54, 1.807) is 6.92 Å². The minimum Gasteiger partial charge on any atom is -0.419 e. The van der Waals surface area contributed by atoms with Crippen LogP contribution in [0.4, 0.5) is 0 Å². The van der Waals surface area contributed by atoms with Crippen molar-refractivity contribution < 1.29 is 9.21 Å². The molecule has 0 atom stereocenters. The zero-order valence-corrected chi connectivity index (χ0v) is 15.2. The first-order valence-corrected chi connectivity index (χ1v) is 8.85. The molecule has 2 aromatic carbocycles. The number of carbonyl (C=O) groups excluding carboxylic acids is 1. The molecule has 7 nitrogen and oxygen atoms in total. The predicted octanol–water partition coefficient (Wildman–Crippen LogP) is 2.75. The minimum absolute atomic E-state index is 0.104. The Hall–Kier alpha value is -3.74. The number of amides is 1. The molecule has 2 heterocycles. The summed E-state index contributed by atoms with van der Waals surface area (Å²) >= 11 is 0. The molecule has 0 bridgehead atoms. The smallest absolute Gasteiger partial charge is 0.251 e. The van der Waals surface area contributed by atoms with E-state index in [-0.39, 0.29) is 24.4 Å². The van der Waals surface area contributed by atoms with Crippen molar-refractivity contribution in [1.82, 2.24) is 20.5 Å². The van der Waals surface area contributed by atoms with Gasteiger partial charge in [0.1, 0.15) is 0 Å². The van der Waals surface area contributed by atoms with Crippen molar-refractivity contribution in [1.29, 1.82) is 0 Å². The summed E-state index contributed by atoms with van der Waals surface area (Å²) in [4.78, 5) is 26.7. The Bertz CT molecular complexity index is 1200. The normalized spacial score (nSPS) is 10.9. The largest absolute Gasteiger partial charge is 0.419 e. The van der Waals surface area contributed by atoms with Gasteiger partial charge >= 0.3 is 0 Å². The average Bonchev–Trinajstić information content (AvgIpc) is 3.17. The predicted molar refractivity (Wildman–Crippen MR) is 105 cm³/mol. The quantitative estimate of drug-likeness (QED) is 0.559. The zero-order chi connectivity index (χ0) is 19.5. The van der Waals surface area contributed by atoms with E-state index in [9.17, 15) is 9.59 Å². The molecule has 0 saturated carbocycles. The fraction of sp³-hybridized carbons (Fsp3) is 0.143. The highest BCUT2D eigenvalue weighted by Crippen LogP contribution is 2.17. The maximum absolute atomic E-state index is 12.3. The molecule has 0 aliphatic heterocycles. The summed E-state index contributed by atoms with van der Waals surface area (Å²) in [6.07, 6.45) is 0.216. The number of nitrogens with zero attached hydrogens (tertiary/aromatic N) is 2. The average molecular weight is 374 g/mol. The second-order valence-electron chi connectivity index (χ2n) is 6.52. The van der Waals surface area contributed by atoms with E-state index in [4.69, 9.17) is 4.42 Å². The van der Waals surface area contributed by atoms with Gasteiger partial charge in [-0.2, -0.15) is 0 Å². The summed E-state index contributed by atoms with van der Waals surface area (Å²) in [7, 11) is 0. The van der Waals surface area contributed by atoms with Crippen LogP contribution in [0.5, 0.6) is 0 Å². The number of carbonyl (C=O) groups is 1. The van der Waals surface area contributed by atoms with Crippen LogP contribution in [-0.2, 0) is 17.8 Å². The number of H-pyrrole nitrogens is 1. The SMILES string of the molecule is Cc1cc2cc(CC(=O)NCc3nnc(-c4ccccc4)o3)ccc2[nH]c1=O. The molecule has 140 valence electrons. The van der Waals surface area contributed by atoms with Gasteiger partial charge in [-0.3, -0.25) is 9.59 Å². The number of benzene rings is 2. The number of rotatable bonds is 5. The molecule has 0 spiro atoms. The molecule has 7 heteroatoms. The van der Waals surface area contributed by atoms with Crippen LogP contribution < -0.4 is 10.9 Å². The second kappa shape index (κ2) is 7.48. The van der Waals surface area contributed by atoms with Crippen molar-refractivity contribution >= 4 is 16.8 Å². The number of pyridine rings is 1. The molecule has 0 aliphatic carbocycles. The fourth-order valence-electron chi connectivity index (χ4n) is 2.92. The number of aromatic nitrogens is 3. The Morgan fingerprint density at radius 2 is 1.93 bits per heavy atom. The van der Waals surface area contributed by atoms with Gasteiger partial charge in [0.15, 0.2) is 0 Å². The van der Waals surface area contributed by atoms with Gasteiger partial charge < -0.3 is 14.7 Å². The van der Waals surface area contributed by atoms with Crippen LogP contribution >= 0.6 is 0 Å². The van der Waals surface area contributed by atoms with Crippen LogP contribution in [0.2, 0.25) is 0 Å². The van der Waals surface area contributed by atoms with Crippen LogP contribution in [0, 0.1) is 6.92 Å². The number of hydrogen-bond acceptors (Lipinski definition) is 5. The third-order valence-corrected chi connectivity index (χ3v) is 4.38. The van der Waals surface area contributed by atoms with E-state index < -0.39 is 0 Å². The van der Waals surface area contributed by atoms with Crippen molar-refractivity contribution in [3.8, 4) is 11.5 Å². The fourth-order valence-corrected chi connectivity index (χ4v) is 2.92. The Balaban J connectivity index is 1.40. The standard InChI is InChI=1S/C21H18N4O3/c1-13-9-16-10-14(7-8-17(16)23-20(13)27)11-18(26)22-12-19-24-25-21(28-19)15-5-3-2-4-6-15/h2-10H,11-12H2,1H3,(H,22,26)(H,23,27). The number of nitrogens with one attached hydrogen (secondary N) is 2. The van der Waals surface area contributed by atoms with Crippen LogP contribution in [0.25, 0.3) is 22.4 Å². The summed E-state index contributed by atoms with van der Waals surface area (Å²) in [6, 6.07) is 16.8. The van der Waals surface area contributed by atoms with Crippen LogP contribution in [0.3, 0.4) is 0 Å². The minimum atomic E-state index is -0.153. The second-order valence-corrected chi connectivity index (χ2v) is 6.52. The lowest BCUT2D eigenvalue weighted by Gasteiger charge is -2.05. The first-order valence-electron chi connectivity index (χ1n) is 8.85. The first kappa shape index (κ1) is 17.7. The lowest BCUT2D eigenvalue weighted by Crippen LogP contribution is -2.24. The summed E-state index contributed by atoms with van der Waals surface area (Å²) in [5.41, 5.74) is 2.97. The van der Waals surface area contributed by atoms with Crippen LogP contribution in [0.1, 0.15) is 17.0 Å². The molecule has 4 rings (SSSR count). The summed E-state index contributed by atoms with van der Waals surface area (Å²) in [6.45, 7) is 1.92.